The van der Waals surface area contributed by atoms with Crippen LogP contribution >= 0.6 is 0 Å². The van der Waals surface area contributed by atoms with E-state index in [2.05, 4.69) is 15.5 Å². The van der Waals surface area contributed by atoms with Gasteiger partial charge in [-0.2, -0.15) is 8.99 Å². The Morgan fingerprint density at radius 2 is 1.75 bits per heavy atom. The van der Waals surface area contributed by atoms with Crippen LogP contribution in [0.3, 0.4) is 0 Å². The van der Waals surface area contributed by atoms with E-state index < -0.39 is 10.0 Å². The maximum Gasteiger partial charge on any atom is 0.246 e. The van der Waals surface area contributed by atoms with Crippen LogP contribution in [0, 0.1) is 0 Å². The van der Waals surface area contributed by atoms with Gasteiger partial charge in [-0.3, -0.25) is 0 Å². The lowest BCUT2D eigenvalue weighted by atomic mass is 10.2. The molecule has 0 radical (unpaired) electrons. The Labute approximate surface area is 140 Å². The maximum atomic E-state index is 13.0. The Balaban J connectivity index is 2.11. The van der Waals surface area contributed by atoms with Crippen molar-refractivity contribution in [3.63, 3.8) is 0 Å². The Hall–Kier alpha value is -2.20. The van der Waals surface area contributed by atoms with Gasteiger partial charge in [0.2, 0.25) is 10.0 Å². The molecule has 24 heavy (non-hydrogen) atoms. The minimum atomic E-state index is -3.66. The predicted molar refractivity (Wildman–Crippen MR) is 84.9 cm³/mol. The molecule has 0 atom stereocenters. The van der Waals surface area contributed by atoms with E-state index in [1.54, 1.807) is 6.07 Å². The summed E-state index contributed by atoms with van der Waals surface area (Å²) in [6.07, 6.45) is 4.17. The second-order valence-electron chi connectivity index (χ2n) is 5.39. The van der Waals surface area contributed by atoms with Gasteiger partial charge in [0.15, 0.2) is 0 Å². The molecule has 0 saturated carbocycles. The zero-order chi connectivity index (χ0) is 17.2. The van der Waals surface area contributed by atoms with Crippen LogP contribution < -0.4 is 9.47 Å². The maximum absolute atomic E-state index is 13.0. The first-order valence-electron chi connectivity index (χ1n) is 7.57. The molecule has 0 amide bonds. The molecule has 0 spiro atoms. The fraction of sp³-hybridized carbons (Fsp3) is 0.500. The summed E-state index contributed by atoms with van der Waals surface area (Å²) in [4.78, 5) is 0.0839. The number of aromatic nitrogens is 4. The fourth-order valence-electron chi connectivity index (χ4n) is 2.75. The number of nitrogens with zero attached hydrogens (tertiary/aromatic N) is 5. The molecular weight excluding hydrogens is 334 g/mol. The second-order valence-corrected chi connectivity index (χ2v) is 7.30. The van der Waals surface area contributed by atoms with Crippen molar-refractivity contribution in [3.8, 4) is 17.2 Å². The molecular formula is C14H19N5O4S. The first-order valence-corrected chi connectivity index (χ1v) is 9.01. The SMILES string of the molecule is COc1cc(S(=O)(=O)N2CCCCC2)c(OC)cc1-n1cnnn1. The summed E-state index contributed by atoms with van der Waals surface area (Å²) >= 11 is 0. The summed E-state index contributed by atoms with van der Waals surface area (Å²) in [5, 5.41) is 11.0. The number of sulfonamides is 1. The van der Waals surface area contributed by atoms with E-state index in [4.69, 9.17) is 9.47 Å². The Kier molecular flexibility index (Phi) is 4.67. The third-order valence-electron chi connectivity index (χ3n) is 3.99. The van der Waals surface area contributed by atoms with E-state index >= 15 is 0 Å². The van der Waals surface area contributed by atoms with Gasteiger partial charge < -0.3 is 9.47 Å². The van der Waals surface area contributed by atoms with Crippen molar-refractivity contribution < 1.29 is 17.9 Å². The summed E-state index contributed by atoms with van der Waals surface area (Å²) in [5.74, 6) is 0.575. The first kappa shape index (κ1) is 16.7. The van der Waals surface area contributed by atoms with E-state index in [9.17, 15) is 8.42 Å². The molecule has 1 aliphatic rings. The van der Waals surface area contributed by atoms with Gasteiger partial charge in [0.1, 0.15) is 28.4 Å². The van der Waals surface area contributed by atoms with Crippen LogP contribution in [-0.4, -0.2) is 60.2 Å². The van der Waals surface area contributed by atoms with E-state index in [1.807, 2.05) is 0 Å². The van der Waals surface area contributed by atoms with Crippen molar-refractivity contribution in [2.75, 3.05) is 27.3 Å². The van der Waals surface area contributed by atoms with E-state index in [-0.39, 0.29) is 10.6 Å². The summed E-state index contributed by atoms with van der Waals surface area (Å²) in [7, 11) is -0.759. The van der Waals surface area contributed by atoms with Crippen molar-refractivity contribution in [3.05, 3.63) is 18.5 Å². The van der Waals surface area contributed by atoms with Gasteiger partial charge in [0, 0.05) is 25.2 Å². The van der Waals surface area contributed by atoms with E-state index in [0.29, 0.717) is 24.5 Å². The highest BCUT2D eigenvalue weighted by Crippen LogP contribution is 2.36. The van der Waals surface area contributed by atoms with Crippen molar-refractivity contribution in [1.29, 1.82) is 0 Å². The van der Waals surface area contributed by atoms with Crippen LogP contribution in [0.15, 0.2) is 23.4 Å². The molecule has 1 aromatic carbocycles. The zero-order valence-electron chi connectivity index (χ0n) is 13.5. The van der Waals surface area contributed by atoms with Gasteiger partial charge in [-0.15, -0.1) is 5.10 Å². The van der Waals surface area contributed by atoms with E-state index in [0.717, 1.165) is 19.3 Å². The number of hydrogen-bond acceptors (Lipinski definition) is 7. The minimum absolute atomic E-state index is 0.0839. The lowest BCUT2D eigenvalue weighted by molar-refractivity contribution is 0.341. The van der Waals surface area contributed by atoms with Crippen LogP contribution in [0.1, 0.15) is 19.3 Å². The number of hydrogen-bond donors (Lipinski definition) is 0. The van der Waals surface area contributed by atoms with Crippen molar-refractivity contribution in [2.24, 2.45) is 0 Å². The Morgan fingerprint density at radius 1 is 1.04 bits per heavy atom. The summed E-state index contributed by atoms with van der Waals surface area (Å²) in [6.45, 7) is 1.03. The molecule has 1 aliphatic heterocycles. The van der Waals surface area contributed by atoms with Crippen molar-refractivity contribution in [1.82, 2.24) is 24.5 Å². The van der Waals surface area contributed by atoms with Gasteiger partial charge in [-0.25, -0.2) is 8.42 Å². The molecule has 2 aromatic rings. The highest BCUT2D eigenvalue weighted by molar-refractivity contribution is 7.89. The van der Waals surface area contributed by atoms with Crippen molar-refractivity contribution in [2.45, 2.75) is 24.2 Å². The molecule has 1 saturated heterocycles. The third-order valence-corrected chi connectivity index (χ3v) is 5.91. The third kappa shape index (κ3) is 2.94. The number of methoxy groups -OCH3 is 2. The summed E-state index contributed by atoms with van der Waals surface area (Å²) in [5.41, 5.74) is 0.497. The van der Waals surface area contributed by atoms with Crippen LogP contribution in [0.2, 0.25) is 0 Å². The lowest BCUT2D eigenvalue weighted by Gasteiger charge is -2.27. The number of tetrazole rings is 1. The molecule has 0 unspecified atom stereocenters. The van der Waals surface area contributed by atoms with Crippen LogP contribution in [0.4, 0.5) is 0 Å². The number of benzene rings is 1. The molecule has 0 aliphatic carbocycles. The van der Waals surface area contributed by atoms with Gasteiger partial charge >= 0.3 is 0 Å². The van der Waals surface area contributed by atoms with Gasteiger partial charge in [0.05, 0.1) is 14.2 Å². The topological polar surface area (TPSA) is 99.4 Å². The minimum Gasteiger partial charge on any atom is -0.495 e. The first-order chi connectivity index (χ1) is 11.6. The molecule has 1 fully saturated rings. The average molecular weight is 353 g/mol. The fourth-order valence-corrected chi connectivity index (χ4v) is 4.42. The normalized spacial score (nSPS) is 16.1. The molecule has 9 nitrogen and oxygen atoms in total. The molecule has 130 valence electrons. The van der Waals surface area contributed by atoms with E-state index in [1.165, 1.54) is 35.6 Å². The second kappa shape index (κ2) is 6.73. The molecule has 2 heterocycles. The standard InChI is InChI=1S/C14H19N5O4S/c1-22-12-9-14(24(20,21)18-6-4-3-5-7-18)13(23-2)8-11(12)19-10-15-16-17-19/h8-10H,3-7H2,1-2H3. The summed E-state index contributed by atoms with van der Waals surface area (Å²) < 4.78 is 39.5. The van der Waals surface area contributed by atoms with Crippen LogP contribution in [0.25, 0.3) is 5.69 Å². The largest absolute Gasteiger partial charge is 0.495 e. The van der Waals surface area contributed by atoms with Crippen LogP contribution in [0.5, 0.6) is 11.5 Å². The highest BCUT2D eigenvalue weighted by Gasteiger charge is 2.30. The average Bonchev–Trinajstić information content (AvgIpc) is 3.15. The van der Waals surface area contributed by atoms with Crippen LogP contribution in [-0.2, 0) is 10.0 Å². The number of rotatable bonds is 5. The Bertz CT molecular complexity index is 801. The molecule has 0 N–H and O–H groups in total. The van der Waals surface area contributed by atoms with Gasteiger partial charge in [-0.1, -0.05) is 6.42 Å². The molecule has 0 bridgehead atoms. The number of piperidine rings is 1. The summed E-state index contributed by atoms with van der Waals surface area (Å²) in [6, 6.07) is 3.02. The van der Waals surface area contributed by atoms with Gasteiger partial charge in [0.25, 0.3) is 0 Å². The quantitative estimate of drug-likeness (QED) is 0.786. The number of ether oxygens (including phenoxy) is 2. The molecule has 1 aromatic heterocycles. The molecule has 10 heteroatoms. The molecule has 3 rings (SSSR count). The highest BCUT2D eigenvalue weighted by atomic mass is 32.2. The smallest absolute Gasteiger partial charge is 0.246 e. The predicted octanol–water partition coefficient (Wildman–Crippen LogP) is 0.854. The monoisotopic (exact) mass is 353 g/mol. The van der Waals surface area contributed by atoms with Gasteiger partial charge in [-0.05, 0) is 23.3 Å². The lowest BCUT2D eigenvalue weighted by Crippen LogP contribution is -2.35. The zero-order valence-corrected chi connectivity index (χ0v) is 14.4. The Morgan fingerprint density at radius 3 is 2.33 bits per heavy atom. The van der Waals surface area contributed by atoms with Crippen molar-refractivity contribution >= 4 is 10.0 Å².